The molecule has 0 spiro atoms. The van der Waals surface area contributed by atoms with Crippen molar-refractivity contribution >= 4 is 5.91 Å². The maximum Gasteiger partial charge on any atom is 0.240 e. The van der Waals surface area contributed by atoms with Gasteiger partial charge in [-0.05, 0) is 17.5 Å². The number of carbonyl (C=O) groups is 1. The molecule has 0 aromatic carbocycles. The van der Waals surface area contributed by atoms with Gasteiger partial charge in [0.05, 0.1) is 6.04 Å². The van der Waals surface area contributed by atoms with Gasteiger partial charge < -0.3 is 10.6 Å². The Morgan fingerprint density at radius 2 is 2.29 bits per heavy atom. The van der Waals surface area contributed by atoms with E-state index in [0.717, 1.165) is 24.2 Å². The Bertz CT molecular complexity index is 417. The van der Waals surface area contributed by atoms with Crippen LogP contribution in [0.5, 0.6) is 0 Å². The summed E-state index contributed by atoms with van der Waals surface area (Å²) in [5.74, 6) is 0.229. The molecule has 1 aliphatic rings. The molecule has 4 heteroatoms. The summed E-state index contributed by atoms with van der Waals surface area (Å²) in [6.45, 7) is 5.32. The highest BCUT2D eigenvalue weighted by molar-refractivity contribution is 5.82. The van der Waals surface area contributed by atoms with Crippen molar-refractivity contribution in [1.29, 1.82) is 0 Å². The first-order valence-electron chi connectivity index (χ1n) is 6.06. The molecule has 0 radical (unpaired) electrons. The first kappa shape index (κ1) is 12.0. The average molecular weight is 233 g/mol. The van der Waals surface area contributed by atoms with Gasteiger partial charge in [0, 0.05) is 31.4 Å². The third-order valence-corrected chi connectivity index (χ3v) is 3.28. The third-order valence-electron chi connectivity index (χ3n) is 3.28. The normalized spacial score (nSPS) is 16.8. The summed E-state index contributed by atoms with van der Waals surface area (Å²) in [6, 6.07) is 3.55. The van der Waals surface area contributed by atoms with E-state index < -0.39 is 6.04 Å². The number of carbonyl (C=O) groups excluding carboxylic acids is 1. The third kappa shape index (κ3) is 2.47. The number of nitrogens with zero attached hydrogens (tertiary/aromatic N) is 2. The van der Waals surface area contributed by atoms with Gasteiger partial charge in [-0.15, -0.1) is 0 Å². The molecule has 0 unspecified atom stereocenters. The molecule has 1 aromatic rings. The Balaban J connectivity index is 2.10. The lowest BCUT2D eigenvalue weighted by atomic mass is 10.0. The van der Waals surface area contributed by atoms with Crippen LogP contribution in [-0.4, -0.2) is 28.4 Å². The number of fused-ring (bicyclic) bond motifs is 1. The van der Waals surface area contributed by atoms with Gasteiger partial charge in [0.25, 0.3) is 0 Å². The first-order chi connectivity index (χ1) is 8.09. The molecule has 17 heavy (non-hydrogen) atoms. The number of pyridine rings is 1. The zero-order valence-electron chi connectivity index (χ0n) is 10.4. The Morgan fingerprint density at radius 3 is 3.00 bits per heavy atom. The van der Waals surface area contributed by atoms with E-state index in [1.54, 1.807) is 6.20 Å². The van der Waals surface area contributed by atoms with Crippen molar-refractivity contribution in [1.82, 2.24) is 9.88 Å². The first-order valence-corrected chi connectivity index (χ1v) is 6.06. The monoisotopic (exact) mass is 233 g/mol. The maximum atomic E-state index is 12.1. The zero-order valence-corrected chi connectivity index (χ0v) is 10.4. The molecule has 0 fully saturated rings. The highest BCUT2D eigenvalue weighted by Gasteiger charge is 2.26. The molecule has 0 bridgehead atoms. The quantitative estimate of drug-likeness (QED) is 0.827. The molecular formula is C13H19N3O. The van der Waals surface area contributed by atoms with Crippen LogP contribution >= 0.6 is 0 Å². The number of amides is 1. The Kier molecular flexibility index (Phi) is 3.43. The molecule has 0 saturated carbocycles. The standard InChI is InChI=1S/C13H19N3O/c1-9(2)12(14)13(17)16-7-5-11-10(8-16)4-3-6-15-11/h3-4,6,9,12H,5,7-8,14H2,1-2H3/t12-/m1/s1. The summed E-state index contributed by atoms with van der Waals surface area (Å²) in [5, 5.41) is 0. The number of hydrogen-bond donors (Lipinski definition) is 1. The molecule has 4 nitrogen and oxygen atoms in total. The van der Waals surface area contributed by atoms with E-state index in [1.807, 2.05) is 30.9 Å². The van der Waals surface area contributed by atoms with Crippen molar-refractivity contribution in [2.45, 2.75) is 32.9 Å². The van der Waals surface area contributed by atoms with Gasteiger partial charge in [-0.1, -0.05) is 19.9 Å². The fourth-order valence-electron chi connectivity index (χ4n) is 2.05. The highest BCUT2D eigenvalue weighted by atomic mass is 16.2. The highest BCUT2D eigenvalue weighted by Crippen LogP contribution is 2.17. The minimum Gasteiger partial charge on any atom is -0.337 e. The molecule has 1 amide bonds. The van der Waals surface area contributed by atoms with Crippen molar-refractivity contribution in [2.75, 3.05) is 6.54 Å². The predicted octanol–water partition coefficient (Wildman–Crippen LogP) is 0.950. The Hall–Kier alpha value is -1.42. The van der Waals surface area contributed by atoms with Crippen LogP contribution in [0, 0.1) is 5.92 Å². The molecule has 1 atom stereocenters. The number of aromatic nitrogens is 1. The minimum atomic E-state index is -0.395. The second kappa shape index (κ2) is 4.84. The smallest absolute Gasteiger partial charge is 0.240 e. The summed E-state index contributed by atoms with van der Waals surface area (Å²) in [6.07, 6.45) is 2.63. The minimum absolute atomic E-state index is 0.0505. The van der Waals surface area contributed by atoms with Crippen LogP contribution in [0.15, 0.2) is 18.3 Å². The van der Waals surface area contributed by atoms with Crippen LogP contribution in [0.2, 0.25) is 0 Å². The second-order valence-electron chi connectivity index (χ2n) is 4.89. The summed E-state index contributed by atoms with van der Waals surface area (Å²) >= 11 is 0. The number of hydrogen-bond acceptors (Lipinski definition) is 3. The lowest BCUT2D eigenvalue weighted by Crippen LogP contribution is -2.48. The van der Waals surface area contributed by atoms with Crippen LogP contribution in [0.25, 0.3) is 0 Å². The van der Waals surface area contributed by atoms with Gasteiger partial charge in [-0.2, -0.15) is 0 Å². The molecule has 0 aliphatic carbocycles. The molecular weight excluding hydrogens is 214 g/mol. The number of nitrogens with two attached hydrogens (primary N) is 1. The van der Waals surface area contributed by atoms with Crippen LogP contribution in [-0.2, 0) is 17.8 Å². The van der Waals surface area contributed by atoms with E-state index in [0.29, 0.717) is 6.54 Å². The topological polar surface area (TPSA) is 59.2 Å². The fraction of sp³-hybridized carbons (Fsp3) is 0.538. The van der Waals surface area contributed by atoms with Gasteiger partial charge in [0.1, 0.15) is 0 Å². The van der Waals surface area contributed by atoms with Gasteiger partial charge >= 0.3 is 0 Å². The largest absolute Gasteiger partial charge is 0.337 e. The zero-order chi connectivity index (χ0) is 12.4. The Morgan fingerprint density at radius 1 is 1.53 bits per heavy atom. The van der Waals surface area contributed by atoms with Crippen molar-refractivity contribution in [3.8, 4) is 0 Å². The van der Waals surface area contributed by atoms with Crippen LogP contribution < -0.4 is 5.73 Å². The molecule has 2 heterocycles. The van der Waals surface area contributed by atoms with E-state index in [9.17, 15) is 4.79 Å². The molecule has 2 N–H and O–H groups in total. The van der Waals surface area contributed by atoms with E-state index in [4.69, 9.17) is 5.73 Å². The molecule has 92 valence electrons. The van der Waals surface area contributed by atoms with Gasteiger partial charge in [-0.3, -0.25) is 9.78 Å². The number of rotatable bonds is 2. The maximum absolute atomic E-state index is 12.1. The van der Waals surface area contributed by atoms with Crippen molar-refractivity contribution in [3.63, 3.8) is 0 Å². The molecule has 2 rings (SSSR count). The second-order valence-corrected chi connectivity index (χ2v) is 4.89. The summed E-state index contributed by atoms with van der Waals surface area (Å²) < 4.78 is 0. The lowest BCUT2D eigenvalue weighted by Gasteiger charge is -2.31. The van der Waals surface area contributed by atoms with Crippen molar-refractivity contribution < 1.29 is 4.79 Å². The summed E-state index contributed by atoms with van der Waals surface area (Å²) in [7, 11) is 0. The predicted molar refractivity (Wildman–Crippen MR) is 66.2 cm³/mol. The van der Waals surface area contributed by atoms with Crippen molar-refractivity contribution in [3.05, 3.63) is 29.6 Å². The van der Waals surface area contributed by atoms with E-state index in [-0.39, 0.29) is 11.8 Å². The molecule has 1 aliphatic heterocycles. The van der Waals surface area contributed by atoms with Crippen LogP contribution in [0.3, 0.4) is 0 Å². The fourth-order valence-corrected chi connectivity index (χ4v) is 2.05. The van der Waals surface area contributed by atoms with Gasteiger partial charge in [0.2, 0.25) is 5.91 Å². The average Bonchev–Trinajstić information content (AvgIpc) is 2.36. The van der Waals surface area contributed by atoms with E-state index >= 15 is 0 Å². The molecule has 0 saturated heterocycles. The van der Waals surface area contributed by atoms with Gasteiger partial charge in [-0.25, -0.2) is 0 Å². The van der Waals surface area contributed by atoms with Crippen LogP contribution in [0.4, 0.5) is 0 Å². The SMILES string of the molecule is CC(C)[C@@H](N)C(=O)N1CCc2ncccc2C1. The summed E-state index contributed by atoms with van der Waals surface area (Å²) in [4.78, 5) is 18.3. The van der Waals surface area contributed by atoms with Crippen molar-refractivity contribution in [2.24, 2.45) is 11.7 Å². The Labute approximate surface area is 102 Å². The van der Waals surface area contributed by atoms with Gasteiger partial charge in [0.15, 0.2) is 0 Å². The summed E-state index contributed by atoms with van der Waals surface area (Å²) in [5.41, 5.74) is 8.15. The van der Waals surface area contributed by atoms with Crippen LogP contribution in [0.1, 0.15) is 25.1 Å². The molecule has 1 aromatic heterocycles. The van der Waals surface area contributed by atoms with E-state index in [1.165, 1.54) is 0 Å². The van der Waals surface area contributed by atoms with E-state index in [2.05, 4.69) is 4.98 Å². The lowest BCUT2D eigenvalue weighted by molar-refractivity contribution is -0.134.